The number of amides is 2. The van der Waals surface area contributed by atoms with E-state index in [9.17, 15) is 4.79 Å². The molecule has 8 heteroatoms. The number of nitrogens with zero attached hydrogens (tertiary/aromatic N) is 4. The molecule has 8 nitrogen and oxygen atoms in total. The highest BCUT2D eigenvalue weighted by Gasteiger charge is 2.11. The minimum atomic E-state index is -0.243. The van der Waals surface area contributed by atoms with Crippen molar-refractivity contribution < 1.29 is 4.79 Å². The average Bonchev–Trinajstić information content (AvgIpc) is 3.17. The second-order valence-corrected chi connectivity index (χ2v) is 7.59. The molecule has 0 radical (unpaired) electrons. The largest absolute Gasteiger partial charge is 0.348 e. The van der Waals surface area contributed by atoms with Crippen LogP contribution in [0.5, 0.6) is 0 Å². The number of urea groups is 1. The van der Waals surface area contributed by atoms with Gasteiger partial charge >= 0.3 is 6.03 Å². The lowest BCUT2D eigenvalue weighted by atomic mass is 10.1. The van der Waals surface area contributed by atoms with Crippen LogP contribution in [0.1, 0.15) is 32.4 Å². The summed E-state index contributed by atoms with van der Waals surface area (Å²) in [5, 5.41) is 8.97. The van der Waals surface area contributed by atoms with Crippen LogP contribution in [0.15, 0.2) is 67.1 Å². The zero-order valence-corrected chi connectivity index (χ0v) is 17.7. The number of aromatic nitrogens is 4. The summed E-state index contributed by atoms with van der Waals surface area (Å²) in [5.74, 6) is 1.25. The fourth-order valence-electron chi connectivity index (χ4n) is 3.27. The molecule has 31 heavy (non-hydrogen) atoms. The number of benzene rings is 2. The van der Waals surface area contributed by atoms with Gasteiger partial charge in [-0.3, -0.25) is 4.57 Å². The van der Waals surface area contributed by atoms with Crippen LogP contribution in [0.2, 0.25) is 0 Å². The molecule has 2 heterocycles. The Hall–Kier alpha value is -3.94. The second-order valence-electron chi connectivity index (χ2n) is 7.59. The molecule has 2 aromatic carbocycles. The van der Waals surface area contributed by atoms with Gasteiger partial charge in [-0.15, -0.1) is 0 Å². The molecule has 0 fully saturated rings. The smallest absolute Gasteiger partial charge is 0.319 e. The molecule has 1 atom stereocenters. The molecular formula is C23H25N7O. The Morgan fingerprint density at radius 1 is 1.00 bits per heavy atom. The first kappa shape index (κ1) is 20.3. The molecule has 4 rings (SSSR count). The maximum Gasteiger partial charge on any atom is 0.319 e. The molecule has 0 aliphatic heterocycles. The summed E-state index contributed by atoms with van der Waals surface area (Å²) in [6.45, 7) is 5.90. The van der Waals surface area contributed by atoms with E-state index in [-0.39, 0.29) is 18.1 Å². The highest BCUT2D eigenvalue weighted by molar-refractivity contribution is 5.92. The Kier molecular flexibility index (Phi) is 5.79. The maximum absolute atomic E-state index is 11.9. The molecule has 0 bridgehead atoms. The van der Waals surface area contributed by atoms with E-state index in [1.54, 1.807) is 12.5 Å². The van der Waals surface area contributed by atoms with E-state index >= 15 is 0 Å². The SMILES string of the molecule is CC(C)NC(=O)Nc1ccc2c(c1)ncn2-c1ccnc(NC(C)c2ccccc2)n1. The second kappa shape index (κ2) is 8.83. The number of imidazole rings is 1. The number of hydrogen-bond acceptors (Lipinski definition) is 5. The Labute approximate surface area is 180 Å². The zero-order chi connectivity index (χ0) is 21.8. The number of fused-ring (bicyclic) bond motifs is 1. The highest BCUT2D eigenvalue weighted by Crippen LogP contribution is 2.22. The fourth-order valence-corrected chi connectivity index (χ4v) is 3.27. The molecule has 0 saturated heterocycles. The summed E-state index contributed by atoms with van der Waals surface area (Å²) in [6, 6.07) is 17.5. The third kappa shape index (κ3) is 4.80. The first-order valence-corrected chi connectivity index (χ1v) is 10.2. The minimum absolute atomic E-state index is 0.0631. The van der Waals surface area contributed by atoms with Crippen molar-refractivity contribution in [1.29, 1.82) is 0 Å². The molecule has 0 saturated carbocycles. The third-order valence-corrected chi connectivity index (χ3v) is 4.76. The van der Waals surface area contributed by atoms with Crippen molar-refractivity contribution in [3.8, 4) is 5.82 Å². The van der Waals surface area contributed by atoms with Crippen molar-refractivity contribution in [2.24, 2.45) is 0 Å². The standard InChI is InChI=1S/C23H25N7O/c1-15(2)26-23(31)28-18-9-10-20-19(13-18)25-14-30(20)21-11-12-24-22(29-21)27-16(3)17-7-5-4-6-8-17/h4-16H,1-3H3,(H,24,27,29)(H2,26,28,31). The molecule has 0 aliphatic rings. The fraction of sp³-hybridized carbons (Fsp3) is 0.217. The van der Waals surface area contributed by atoms with Gasteiger partial charge in [0.05, 0.1) is 17.1 Å². The lowest BCUT2D eigenvalue weighted by Gasteiger charge is -2.14. The van der Waals surface area contributed by atoms with E-state index in [0.717, 1.165) is 16.6 Å². The predicted molar refractivity (Wildman–Crippen MR) is 122 cm³/mol. The van der Waals surface area contributed by atoms with E-state index < -0.39 is 0 Å². The predicted octanol–water partition coefficient (Wildman–Crippen LogP) is 4.52. The summed E-state index contributed by atoms with van der Waals surface area (Å²) in [7, 11) is 0. The number of carbonyl (C=O) groups excluding carboxylic acids is 1. The van der Waals surface area contributed by atoms with E-state index in [1.165, 1.54) is 0 Å². The van der Waals surface area contributed by atoms with Crippen LogP contribution < -0.4 is 16.0 Å². The molecule has 1 unspecified atom stereocenters. The van der Waals surface area contributed by atoms with E-state index in [0.29, 0.717) is 17.5 Å². The van der Waals surface area contributed by atoms with Crippen LogP contribution in [-0.4, -0.2) is 31.6 Å². The van der Waals surface area contributed by atoms with Crippen molar-refractivity contribution in [3.05, 3.63) is 72.7 Å². The van der Waals surface area contributed by atoms with Crippen molar-refractivity contribution in [2.75, 3.05) is 10.6 Å². The summed E-state index contributed by atoms with van der Waals surface area (Å²) in [6.07, 6.45) is 3.44. The van der Waals surface area contributed by atoms with E-state index in [1.807, 2.05) is 60.9 Å². The molecule has 3 N–H and O–H groups in total. The van der Waals surface area contributed by atoms with E-state index in [2.05, 4.69) is 50.0 Å². The number of carbonyl (C=O) groups is 1. The average molecular weight is 416 g/mol. The Balaban J connectivity index is 1.55. The molecule has 0 spiro atoms. The van der Waals surface area contributed by atoms with E-state index in [4.69, 9.17) is 0 Å². The number of nitrogens with one attached hydrogen (secondary N) is 3. The monoisotopic (exact) mass is 415 g/mol. The van der Waals surface area contributed by atoms with Gasteiger partial charge in [0.25, 0.3) is 0 Å². The zero-order valence-electron chi connectivity index (χ0n) is 17.7. The normalized spacial score (nSPS) is 12.0. The van der Waals surface area contributed by atoms with Gasteiger partial charge in [-0.2, -0.15) is 4.98 Å². The van der Waals surface area contributed by atoms with Gasteiger partial charge in [-0.25, -0.2) is 14.8 Å². The number of rotatable bonds is 6. The highest BCUT2D eigenvalue weighted by atomic mass is 16.2. The minimum Gasteiger partial charge on any atom is -0.348 e. The summed E-state index contributed by atoms with van der Waals surface area (Å²) in [5.41, 5.74) is 3.48. The van der Waals surface area contributed by atoms with Gasteiger partial charge in [0.15, 0.2) is 0 Å². The van der Waals surface area contributed by atoms with Gasteiger partial charge in [0.2, 0.25) is 5.95 Å². The lowest BCUT2D eigenvalue weighted by molar-refractivity contribution is 0.250. The van der Waals surface area contributed by atoms with Gasteiger partial charge in [-0.05, 0) is 50.6 Å². The van der Waals surface area contributed by atoms with Crippen LogP contribution in [0.4, 0.5) is 16.4 Å². The third-order valence-electron chi connectivity index (χ3n) is 4.76. The molecule has 158 valence electrons. The first-order chi connectivity index (χ1) is 15.0. The molecule has 2 aromatic heterocycles. The van der Waals surface area contributed by atoms with Crippen molar-refractivity contribution in [1.82, 2.24) is 24.8 Å². The summed E-state index contributed by atoms with van der Waals surface area (Å²) in [4.78, 5) is 25.4. The van der Waals surface area contributed by atoms with Gasteiger partial charge in [0.1, 0.15) is 12.1 Å². The van der Waals surface area contributed by atoms with Gasteiger partial charge in [-0.1, -0.05) is 30.3 Å². The molecular weight excluding hydrogens is 390 g/mol. The topological polar surface area (TPSA) is 96.8 Å². The van der Waals surface area contributed by atoms with Gasteiger partial charge < -0.3 is 16.0 Å². The van der Waals surface area contributed by atoms with Crippen LogP contribution in [0.25, 0.3) is 16.9 Å². The Morgan fingerprint density at radius 3 is 2.58 bits per heavy atom. The molecule has 4 aromatic rings. The van der Waals surface area contributed by atoms with Crippen LogP contribution in [0.3, 0.4) is 0 Å². The molecule has 0 aliphatic carbocycles. The maximum atomic E-state index is 11.9. The quantitative estimate of drug-likeness (QED) is 0.430. The summed E-state index contributed by atoms with van der Waals surface area (Å²) < 4.78 is 1.90. The van der Waals surface area contributed by atoms with Crippen molar-refractivity contribution >= 4 is 28.7 Å². The lowest BCUT2D eigenvalue weighted by Crippen LogP contribution is -2.34. The van der Waals surface area contributed by atoms with Crippen molar-refractivity contribution in [2.45, 2.75) is 32.9 Å². The van der Waals surface area contributed by atoms with Crippen LogP contribution in [-0.2, 0) is 0 Å². The molecule has 2 amide bonds. The Bertz CT molecular complexity index is 1190. The van der Waals surface area contributed by atoms with Crippen molar-refractivity contribution in [3.63, 3.8) is 0 Å². The van der Waals surface area contributed by atoms with Crippen LogP contribution in [0, 0.1) is 0 Å². The van der Waals surface area contributed by atoms with Gasteiger partial charge in [0, 0.05) is 17.9 Å². The first-order valence-electron chi connectivity index (χ1n) is 10.2. The van der Waals surface area contributed by atoms with Crippen LogP contribution >= 0.6 is 0 Å². The summed E-state index contributed by atoms with van der Waals surface area (Å²) >= 11 is 0. The number of hydrogen-bond donors (Lipinski definition) is 3. The number of anilines is 2. The Morgan fingerprint density at radius 2 is 1.81 bits per heavy atom.